The number of nitrogens with two attached hydrogens (primary N) is 1. The summed E-state index contributed by atoms with van der Waals surface area (Å²) in [5.74, 6) is 0.599. The molecule has 0 saturated carbocycles. The fraction of sp³-hybridized carbons (Fsp3) is 0.750. The molecule has 0 fully saturated rings. The number of hydrogen-bond donors (Lipinski definition) is 1. The Labute approximate surface area is 92.7 Å². The van der Waals surface area contributed by atoms with Crippen LogP contribution in [0.25, 0.3) is 0 Å². The lowest BCUT2D eigenvalue weighted by atomic mass is 9.99. The van der Waals surface area contributed by atoms with E-state index in [0.29, 0.717) is 12.0 Å². The highest BCUT2D eigenvalue weighted by Gasteiger charge is 2.06. The Morgan fingerprint density at radius 3 is 2.67 bits per heavy atom. The number of aromatic nitrogens is 2. The molecule has 1 atom stereocenters. The monoisotopic (exact) mass is 209 g/mol. The smallest absolute Gasteiger partial charge is 0.0492 e. The molecule has 1 rings (SSSR count). The Morgan fingerprint density at radius 2 is 2.13 bits per heavy atom. The van der Waals surface area contributed by atoms with Crippen LogP contribution in [0, 0.1) is 5.92 Å². The van der Waals surface area contributed by atoms with Crippen molar-refractivity contribution < 1.29 is 0 Å². The van der Waals surface area contributed by atoms with Crippen molar-refractivity contribution in [2.75, 3.05) is 0 Å². The Hall–Kier alpha value is -0.830. The second-order valence-electron chi connectivity index (χ2n) is 4.60. The number of rotatable bonds is 6. The van der Waals surface area contributed by atoms with E-state index in [4.69, 9.17) is 5.73 Å². The molecule has 0 aromatic carbocycles. The van der Waals surface area contributed by atoms with Gasteiger partial charge in [0.1, 0.15) is 0 Å². The van der Waals surface area contributed by atoms with Gasteiger partial charge < -0.3 is 5.73 Å². The van der Waals surface area contributed by atoms with Gasteiger partial charge >= 0.3 is 0 Å². The van der Waals surface area contributed by atoms with Crippen LogP contribution in [0.5, 0.6) is 0 Å². The number of unbranched alkanes of at least 4 members (excludes halogenated alkanes) is 1. The van der Waals surface area contributed by atoms with Crippen LogP contribution >= 0.6 is 0 Å². The zero-order valence-electron chi connectivity index (χ0n) is 10.1. The third kappa shape index (κ3) is 4.04. The molecule has 2 N–H and O–H groups in total. The summed E-state index contributed by atoms with van der Waals surface area (Å²) < 4.78 is 1.95. The predicted molar refractivity (Wildman–Crippen MR) is 63.6 cm³/mol. The van der Waals surface area contributed by atoms with Gasteiger partial charge in [-0.15, -0.1) is 0 Å². The number of nitrogens with zero attached hydrogens (tertiary/aromatic N) is 2. The van der Waals surface area contributed by atoms with Gasteiger partial charge in [0.2, 0.25) is 0 Å². The largest absolute Gasteiger partial charge is 0.327 e. The molecule has 1 aromatic rings. The summed E-state index contributed by atoms with van der Waals surface area (Å²) >= 11 is 0. The quantitative estimate of drug-likeness (QED) is 0.729. The highest BCUT2D eigenvalue weighted by molar-refractivity contribution is 4.99. The molecule has 1 heterocycles. The van der Waals surface area contributed by atoms with Crippen molar-refractivity contribution in [3.63, 3.8) is 0 Å². The maximum absolute atomic E-state index is 5.99. The molecule has 0 aliphatic rings. The van der Waals surface area contributed by atoms with Gasteiger partial charge in [-0.2, -0.15) is 5.10 Å². The summed E-state index contributed by atoms with van der Waals surface area (Å²) in [5, 5.41) is 4.15. The van der Waals surface area contributed by atoms with Gasteiger partial charge in [0.15, 0.2) is 0 Å². The molecule has 0 spiro atoms. The van der Waals surface area contributed by atoms with E-state index in [0.717, 1.165) is 12.8 Å². The lowest BCUT2D eigenvalue weighted by molar-refractivity contribution is 0.444. The average Bonchev–Trinajstić information content (AvgIpc) is 2.58. The average molecular weight is 209 g/mol. The van der Waals surface area contributed by atoms with E-state index < -0.39 is 0 Å². The molecular weight excluding hydrogens is 186 g/mol. The molecule has 0 saturated heterocycles. The summed E-state index contributed by atoms with van der Waals surface area (Å²) in [6.07, 6.45) is 6.52. The fourth-order valence-corrected chi connectivity index (χ4v) is 1.67. The lowest BCUT2D eigenvalue weighted by Gasteiger charge is -2.14. The van der Waals surface area contributed by atoms with Crippen LogP contribution in [0.15, 0.2) is 12.3 Å². The normalized spacial score (nSPS) is 13.4. The maximum atomic E-state index is 5.99. The SMILES string of the molecule is CC(C)C(N)CCCCc1ccnn1C. The van der Waals surface area contributed by atoms with Crippen LogP contribution in [0.3, 0.4) is 0 Å². The summed E-state index contributed by atoms with van der Waals surface area (Å²) in [6.45, 7) is 4.37. The first-order chi connectivity index (χ1) is 7.11. The molecule has 0 radical (unpaired) electrons. The van der Waals surface area contributed by atoms with Crippen LogP contribution in [0.2, 0.25) is 0 Å². The van der Waals surface area contributed by atoms with E-state index in [1.165, 1.54) is 18.5 Å². The van der Waals surface area contributed by atoms with Crippen molar-refractivity contribution >= 4 is 0 Å². The first kappa shape index (κ1) is 12.2. The third-order valence-electron chi connectivity index (χ3n) is 3.00. The Balaban J connectivity index is 2.15. The van der Waals surface area contributed by atoms with Crippen molar-refractivity contribution in [1.29, 1.82) is 0 Å². The first-order valence-electron chi connectivity index (χ1n) is 5.83. The standard InChI is InChI=1S/C12H23N3/c1-10(2)12(13)7-5-4-6-11-8-9-14-15(11)3/h8-10,12H,4-7,13H2,1-3H3. The van der Waals surface area contributed by atoms with Gasteiger partial charge in [-0.1, -0.05) is 20.3 Å². The fourth-order valence-electron chi connectivity index (χ4n) is 1.67. The molecule has 86 valence electrons. The van der Waals surface area contributed by atoms with Crippen LogP contribution in [0.4, 0.5) is 0 Å². The van der Waals surface area contributed by atoms with E-state index in [1.807, 2.05) is 17.9 Å². The molecule has 1 aromatic heterocycles. The van der Waals surface area contributed by atoms with Crippen molar-refractivity contribution in [3.05, 3.63) is 18.0 Å². The summed E-state index contributed by atoms with van der Waals surface area (Å²) in [6, 6.07) is 2.44. The van der Waals surface area contributed by atoms with Crippen LogP contribution in [-0.2, 0) is 13.5 Å². The molecule has 15 heavy (non-hydrogen) atoms. The Bertz CT molecular complexity index is 278. The summed E-state index contributed by atoms with van der Waals surface area (Å²) in [4.78, 5) is 0. The predicted octanol–water partition coefficient (Wildman–Crippen LogP) is 2.12. The highest BCUT2D eigenvalue weighted by atomic mass is 15.2. The molecule has 0 amide bonds. The van der Waals surface area contributed by atoms with E-state index in [1.54, 1.807) is 0 Å². The third-order valence-corrected chi connectivity index (χ3v) is 3.00. The van der Waals surface area contributed by atoms with E-state index in [-0.39, 0.29) is 0 Å². The van der Waals surface area contributed by atoms with Gasteiger partial charge in [-0.25, -0.2) is 0 Å². The molecule has 0 aliphatic heterocycles. The first-order valence-corrected chi connectivity index (χ1v) is 5.83. The van der Waals surface area contributed by atoms with Crippen molar-refractivity contribution in [3.8, 4) is 0 Å². The van der Waals surface area contributed by atoms with Gasteiger partial charge in [-0.3, -0.25) is 4.68 Å². The second-order valence-corrected chi connectivity index (χ2v) is 4.60. The minimum Gasteiger partial charge on any atom is -0.327 e. The maximum Gasteiger partial charge on any atom is 0.0492 e. The van der Waals surface area contributed by atoms with Gasteiger partial charge in [0, 0.05) is 25.0 Å². The van der Waals surface area contributed by atoms with E-state index in [9.17, 15) is 0 Å². The van der Waals surface area contributed by atoms with Crippen molar-refractivity contribution in [2.24, 2.45) is 18.7 Å². The van der Waals surface area contributed by atoms with Gasteiger partial charge in [0.05, 0.1) is 0 Å². The van der Waals surface area contributed by atoms with Gasteiger partial charge in [-0.05, 0) is 31.2 Å². The second kappa shape index (κ2) is 5.91. The minimum atomic E-state index is 0.358. The minimum absolute atomic E-state index is 0.358. The van der Waals surface area contributed by atoms with E-state index in [2.05, 4.69) is 25.0 Å². The molecule has 0 bridgehead atoms. The van der Waals surface area contributed by atoms with Crippen LogP contribution in [-0.4, -0.2) is 15.8 Å². The Morgan fingerprint density at radius 1 is 1.40 bits per heavy atom. The zero-order chi connectivity index (χ0) is 11.3. The van der Waals surface area contributed by atoms with Crippen LogP contribution < -0.4 is 5.73 Å². The van der Waals surface area contributed by atoms with Crippen LogP contribution in [0.1, 0.15) is 38.8 Å². The molecule has 3 nitrogen and oxygen atoms in total. The van der Waals surface area contributed by atoms with Gasteiger partial charge in [0.25, 0.3) is 0 Å². The van der Waals surface area contributed by atoms with E-state index >= 15 is 0 Å². The molecule has 3 heteroatoms. The van der Waals surface area contributed by atoms with Crippen molar-refractivity contribution in [1.82, 2.24) is 9.78 Å². The zero-order valence-corrected chi connectivity index (χ0v) is 10.1. The summed E-state index contributed by atoms with van der Waals surface area (Å²) in [7, 11) is 2.00. The molecule has 0 aliphatic carbocycles. The van der Waals surface area contributed by atoms with Crippen molar-refractivity contribution in [2.45, 2.75) is 45.6 Å². The number of aryl methyl sites for hydroxylation is 2. The topological polar surface area (TPSA) is 43.8 Å². The highest BCUT2D eigenvalue weighted by Crippen LogP contribution is 2.10. The lowest BCUT2D eigenvalue weighted by Crippen LogP contribution is -2.25. The molecule has 1 unspecified atom stereocenters. The molecular formula is C12H23N3. The Kier molecular flexibility index (Phi) is 4.82. The number of hydrogen-bond acceptors (Lipinski definition) is 2. The summed E-state index contributed by atoms with van der Waals surface area (Å²) in [5.41, 5.74) is 7.30.